The van der Waals surface area contributed by atoms with Crippen LogP contribution in [0.4, 0.5) is 13.2 Å². The second-order valence-electron chi connectivity index (χ2n) is 5.48. The second-order valence-corrected chi connectivity index (χ2v) is 5.48. The van der Waals surface area contributed by atoms with Gasteiger partial charge in [-0.2, -0.15) is 0 Å². The Balaban J connectivity index is 1.98. The van der Waals surface area contributed by atoms with Gasteiger partial charge in [0.25, 0.3) is 5.91 Å². The van der Waals surface area contributed by atoms with Gasteiger partial charge < -0.3 is 9.88 Å². The van der Waals surface area contributed by atoms with Crippen molar-refractivity contribution in [3.63, 3.8) is 0 Å². The number of aryl methyl sites for hydroxylation is 1. The standard InChI is InChI=1S/C18H14F3N3O/c1-24-8-7-22-17(24)16(11-3-2-4-12(19)9-11)23-18(25)14-6-5-13(20)10-15(14)21/h2-10,16H,1H3,(H,23,25). The molecule has 7 heteroatoms. The Hall–Kier alpha value is -3.09. The lowest BCUT2D eigenvalue weighted by Gasteiger charge is -2.19. The summed E-state index contributed by atoms with van der Waals surface area (Å²) in [6.45, 7) is 0. The monoisotopic (exact) mass is 345 g/mol. The number of hydrogen-bond acceptors (Lipinski definition) is 2. The summed E-state index contributed by atoms with van der Waals surface area (Å²) in [5, 5.41) is 2.63. The lowest BCUT2D eigenvalue weighted by Crippen LogP contribution is -2.31. The molecule has 1 N–H and O–H groups in total. The van der Waals surface area contributed by atoms with Gasteiger partial charge in [0.2, 0.25) is 0 Å². The highest BCUT2D eigenvalue weighted by Gasteiger charge is 2.23. The number of hydrogen-bond donors (Lipinski definition) is 1. The summed E-state index contributed by atoms with van der Waals surface area (Å²) in [5.74, 6) is -2.54. The molecule has 0 radical (unpaired) electrons. The van der Waals surface area contributed by atoms with Gasteiger partial charge in [0, 0.05) is 25.5 Å². The molecule has 4 nitrogen and oxygen atoms in total. The van der Waals surface area contributed by atoms with Gasteiger partial charge in [-0.05, 0) is 29.8 Å². The van der Waals surface area contributed by atoms with Crippen LogP contribution in [-0.2, 0) is 7.05 Å². The topological polar surface area (TPSA) is 46.9 Å². The van der Waals surface area contributed by atoms with Crippen LogP contribution < -0.4 is 5.32 Å². The van der Waals surface area contributed by atoms with E-state index in [0.29, 0.717) is 17.5 Å². The van der Waals surface area contributed by atoms with Crippen LogP contribution in [0.1, 0.15) is 27.8 Å². The van der Waals surface area contributed by atoms with Crippen LogP contribution in [0.2, 0.25) is 0 Å². The highest BCUT2D eigenvalue weighted by atomic mass is 19.1. The largest absolute Gasteiger partial charge is 0.338 e. The molecule has 3 aromatic rings. The fourth-order valence-corrected chi connectivity index (χ4v) is 2.52. The van der Waals surface area contributed by atoms with E-state index in [-0.39, 0.29) is 5.56 Å². The van der Waals surface area contributed by atoms with Crippen LogP contribution in [0.5, 0.6) is 0 Å². The molecule has 2 aromatic carbocycles. The molecule has 1 amide bonds. The SMILES string of the molecule is Cn1ccnc1C(NC(=O)c1ccc(F)cc1F)c1cccc(F)c1. The number of benzene rings is 2. The van der Waals surface area contributed by atoms with E-state index in [2.05, 4.69) is 10.3 Å². The highest BCUT2D eigenvalue weighted by molar-refractivity contribution is 5.94. The van der Waals surface area contributed by atoms with Gasteiger partial charge >= 0.3 is 0 Å². The predicted molar refractivity (Wildman–Crippen MR) is 85.3 cm³/mol. The molecule has 25 heavy (non-hydrogen) atoms. The van der Waals surface area contributed by atoms with Crippen molar-refractivity contribution < 1.29 is 18.0 Å². The first kappa shape index (κ1) is 16.8. The lowest BCUT2D eigenvalue weighted by atomic mass is 10.0. The third kappa shape index (κ3) is 3.55. The molecule has 128 valence electrons. The fourth-order valence-electron chi connectivity index (χ4n) is 2.52. The number of nitrogens with one attached hydrogen (secondary N) is 1. The van der Waals surface area contributed by atoms with Crippen molar-refractivity contribution in [2.24, 2.45) is 7.05 Å². The molecule has 1 atom stereocenters. The molecule has 0 spiro atoms. The normalized spacial score (nSPS) is 12.0. The number of nitrogens with zero attached hydrogens (tertiary/aromatic N) is 2. The summed E-state index contributed by atoms with van der Waals surface area (Å²) in [5.41, 5.74) is 0.141. The van der Waals surface area contributed by atoms with Crippen LogP contribution in [-0.4, -0.2) is 15.5 Å². The number of imidazole rings is 1. The zero-order valence-electron chi connectivity index (χ0n) is 13.2. The Morgan fingerprint density at radius 1 is 1.12 bits per heavy atom. The van der Waals surface area contributed by atoms with E-state index >= 15 is 0 Å². The fraction of sp³-hybridized carbons (Fsp3) is 0.111. The van der Waals surface area contributed by atoms with E-state index in [1.54, 1.807) is 23.9 Å². The second kappa shape index (κ2) is 6.80. The number of carbonyl (C=O) groups is 1. The summed E-state index contributed by atoms with van der Waals surface area (Å²) in [6, 6.07) is 7.56. The summed E-state index contributed by atoms with van der Waals surface area (Å²) >= 11 is 0. The molecule has 1 unspecified atom stereocenters. The Bertz CT molecular complexity index is 923. The van der Waals surface area contributed by atoms with Crippen molar-refractivity contribution in [1.82, 2.24) is 14.9 Å². The number of rotatable bonds is 4. The predicted octanol–water partition coefficient (Wildman–Crippen LogP) is 3.36. The molecule has 3 rings (SSSR count). The van der Waals surface area contributed by atoms with E-state index in [1.807, 2.05) is 0 Å². The molecule has 1 heterocycles. The van der Waals surface area contributed by atoms with Crippen molar-refractivity contribution >= 4 is 5.91 Å². The Morgan fingerprint density at radius 2 is 1.88 bits per heavy atom. The smallest absolute Gasteiger partial charge is 0.255 e. The average molecular weight is 345 g/mol. The molecule has 0 saturated carbocycles. The van der Waals surface area contributed by atoms with E-state index in [1.165, 1.54) is 24.4 Å². The third-order valence-corrected chi connectivity index (χ3v) is 3.75. The number of amides is 1. The van der Waals surface area contributed by atoms with Gasteiger partial charge in [0.1, 0.15) is 29.3 Å². The van der Waals surface area contributed by atoms with Crippen LogP contribution in [0.15, 0.2) is 54.9 Å². The van der Waals surface area contributed by atoms with Crippen LogP contribution >= 0.6 is 0 Å². The minimum atomic E-state index is -0.977. The maximum Gasteiger partial charge on any atom is 0.255 e. The van der Waals surface area contributed by atoms with Gasteiger partial charge in [-0.1, -0.05) is 12.1 Å². The first-order valence-corrected chi connectivity index (χ1v) is 7.44. The molecule has 0 aliphatic heterocycles. The molecule has 0 saturated heterocycles. The maximum atomic E-state index is 13.9. The number of carbonyl (C=O) groups excluding carboxylic acids is 1. The molecule has 0 aliphatic carbocycles. The number of aromatic nitrogens is 2. The van der Waals surface area contributed by atoms with Crippen molar-refractivity contribution in [3.05, 3.63) is 89.3 Å². The lowest BCUT2D eigenvalue weighted by molar-refractivity contribution is 0.0937. The van der Waals surface area contributed by atoms with Gasteiger partial charge in [-0.25, -0.2) is 18.2 Å². The highest BCUT2D eigenvalue weighted by Crippen LogP contribution is 2.22. The maximum absolute atomic E-state index is 13.9. The quantitative estimate of drug-likeness (QED) is 0.788. The summed E-state index contributed by atoms with van der Waals surface area (Å²) in [6.07, 6.45) is 3.21. The Kier molecular flexibility index (Phi) is 4.56. The van der Waals surface area contributed by atoms with Crippen molar-refractivity contribution in [2.75, 3.05) is 0 Å². The molecular formula is C18H14F3N3O. The van der Waals surface area contributed by atoms with E-state index < -0.39 is 29.4 Å². The molecule has 0 aliphatic rings. The third-order valence-electron chi connectivity index (χ3n) is 3.75. The van der Waals surface area contributed by atoms with Crippen molar-refractivity contribution in [3.8, 4) is 0 Å². The summed E-state index contributed by atoms with van der Waals surface area (Å²) in [4.78, 5) is 16.6. The molecule has 0 fully saturated rings. The van der Waals surface area contributed by atoms with Gasteiger partial charge in [0.15, 0.2) is 0 Å². The van der Waals surface area contributed by atoms with E-state index in [0.717, 1.165) is 12.1 Å². The van der Waals surface area contributed by atoms with E-state index in [9.17, 15) is 18.0 Å². The van der Waals surface area contributed by atoms with Crippen LogP contribution in [0.3, 0.4) is 0 Å². The Morgan fingerprint density at radius 3 is 2.52 bits per heavy atom. The van der Waals surface area contributed by atoms with Crippen molar-refractivity contribution in [2.45, 2.75) is 6.04 Å². The minimum absolute atomic E-state index is 0.308. The van der Waals surface area contributed by atoms with Crippen LogP contribution in [0, 0.1) is 17.5 Å². The Labute approximate surface area is 141 Å². The zero-order chi connectivity index (χ0) is 18.0. The summed E-state index contributed by atoms with van der Waals surface area (Å²) < 4.78 is 42.2. The molecule has 1 aromatic heterocycles. The number of halogens is 3. The summed E-state index contributed by atoms with van der Waals surface area (Å²) in [7, 11) is 1.72. The van der Waals surface area contributed by atoms with Gasteiger partial charge in [-0.3, -0.25) is 4.79 Å². The van der Waals surface area contributed by atoms with Crippen LogP contribution in [0.25, 0.3) is 0 Å². The van der Waals surface area contributed by atoms with Gasteiger partial charge in [-0.15, -0.1) is 0 Å². The van der Waals surface area contributed by atoms with Gasteiger partial charge in [0.05, 0.1) is 5.56 Å². The zero-order valence-corrected chi connectivity index (χ0v) is 13.2. The van der Waals surface area contributed by atoms with Crippen molar-refractivity contribution in [1.29, 1.82) is 0 Å². The first-order chi connectivity index (χ1) is 12.0. The average Bonchev–Trinajstić information content (AvgIpc) is 2.98. The van der Waals surface area contributed by atoms with E-state index in [4.69, 9.17) is 0 Å². The minimum Gasteiger partial charge on any atom is -0.338 e. The first-order valence-electron chi connectivity index (χ1n) is 7.44. The molecular weight excluding hydrogens is 331 g/mol. The molecule has 0 bridgehead atoms.